The first kappa shape index (κ1) is 7.58. The second-order valence-corrected chi connectivity index (χ2v) is 2.07. The minimum Gasteiger partial charge on any atom is -0.196 e. The Balaban J connectivity index is 3.72. The van der Waals surface area contributed by atoms with E-state index in [-0.39, 0.29) is 0 Å². The van der Waals surface area contributed by atoms with Crippen LogP contribution in [0.1, 0.15) is 13.3 Å². The van der Waals surface area contributed by atoms with Gasteiger partial charge in [0.1, 0.15) is 0 Å². The number of rotatable bonds is 1. The zero-order valence-corrected chi connectivity index (χ0v) is 5.96. The zero-order valence-electron chi connectivity index (χ0n) is 5.14. The third-order valence-corrected chi connectivity index (χ3v) is 1.58. The summed E-state index contributed by atoms with van der Waals surface area (Å²) in [6.45, 7) is 2.03. The molecule has 0 aromatic rings. The highest BCUT2D eigenvalue weighted by atomic mass is 32.2. The maximum absolute atomic E-state index is 4.93. The lowest BCUT2D eigenvalue weighted by atomic mass is 10.5. The van der Waals surface area contributed by atoms with Crippen LogP contribution in [0.3, 0.4) is 0 Å². The van der Waals surface area contributed by atoms with E-state index in [1.54, 1.807) is 11.8 Å². The molecule has 0 saturated heterocycles. The van der Waals surface area contributed by atoms with Crippen LogP contribution < -0.4 is 0 Å². The molecule has 0 aliphatic carbocycles. The van der Waals surface area contributed by atoms with Crippen LogP contribution in [0.5, 0.6) is 0 Å². The smallest absolute Gasteiger partial charge is 0.0833 e. The van der Waals surface area contributed by atoms with Crippen LogP contribution >= 0.6 is 11.8 Å². The van der Waals surface area contributed by atoms with Crippen molar-refractivity contribution in [1.82, 2.24) is 0 Å². The molecule has 0 saturated carbocycles. The van der Waals surface area contributed by atoms with Gasteiger partial charge in [-0.2, -0.15) is 4.99 Å². The van der Waals surface area contributed by atoms with Crippen molar-refractivity contribution in [2.75, 3.05) is 6.26 Å². The van der Waals surface area contributed by atoms with Gasteiger partial charge in [0.15, 0.2) is 0 Å². The molecule has 0 bridgehead atoms. The van der Waals surface area contributed by atoms with E-state index in [0.717, 1.165) is 11.5 Å². The molecule has 44 valence electrons. The summed E-state index contributed by atoms with van der Waals surface area (Å²) in [6, 6.07) is 2.24. The Kier molecular flexibility index (Phi) is 4.48. The summed E-state index contributed by atoms with van der Waals surface area (Å²) in [5, 5.41) is 1.02. The first-order chi connectivity index (χ1) is 3.85. The summed E-state index contributed by atoms with van der Waals surface area (Å²) in [7, 11) is 0. The monoisotopic (exact) mass is 127 g/mol. The maximum atomic E-state index is 4.93. The molecule has 0 aromatic carbocycles. The Hall–Kier alpha value is -0.420. The van der Waals surface area contributed by atoms with Crippen molar-refractivity contribution in [2.45, 2.75) is 13.3 Å². The summed E-state index contributed by atoms with van der Waals surface area (Å²) in [4.78, 5) is 3.77. The molecular weight excluding hydrogens is 118 g/mol. The molecule has 0 heterocycles. The third-order valence-electron chi connectivity index (χ3n) is 0.727. The zero-order chi connectivity index (χ0) is 6.41. The molecule has 0 N–H and O–H groups in total. The molecule has 0 aromatic heterocycles. The molecule has 0 aliphatic heterocycles. The number of aliphatic imine (C=N–C) groups is 1. The van der Waals surface area contributed by atoms with Crippen LogP contribution in [-0.4, -0.2) is 11.3 Å². The van der Waals surface area contributed by atoms with Crippen LogP contribution in [0, 0.1) is 12.5 Å². The normalized spacial score (nSPS) is 10.9. The summed E-state index contributed by atoms with van der Waals surface area (Å²) in [5.74, 6) is 0. The van der Waals surface area contributed by atoms with Crippen molar-refractivity contribution in [3.63, 3.8) is 0 Å². The Morgan fingerprint density at radius 1 is 1.88 bits per heavy atom. The molecule has 1 nitrogen and oxygen atoms in total. The quantitative estimate of drug-likeness (QED) is 0.297. The van der Waals surface area contributed by atoms with Crippen LogP contribution in [0.15, 0.2) is 4.99 Å². The number of nitrogens with zero attached hydrogens (tertiary/aromatic N) is 1. The van der Waals surface area contributed by atoms with Crippen molar-refractivity contribution < 1.29 is 0 Å². The summed E-state index contributed by atoms with van der Waals surface area (Å²) < 4.78 is 0. The summed E-state index contributed by atoms with van der Waals surface area (Å²) >= 11 is 1.60. The fraction of sp³-hybridized carbons (Fsp3) is 0.500. The van der Waals surface area contributed by atoms with Gasteiger partial charge < -0.3 is 0 Å². The lowest BCUT2D eigenvalue weighted by molar-refractivity contribution is 1.31. The predicted octanol–water partition coefficient (Wildman–Crippen LogP) is 1.75. The van der Waals surface area contributed by atoms with Gasteiger partial charge in [0, 0.05) is 6.04 Å². The van der Waals surface area contributed by atoms with Crippen molar-refractivity contribution in [2.24, 2.45) is 4.99 Å². The van der Waals surface area contributed by atoms with Crippen LogP contribution in [0.2, 0.25) is 0 Å². The molecular formula is C6H9NS. The molecule has 0 fully saturated rings. The third kappa shape index (κ3) is 2.70. The minimum absolute atomic E-state index is 0.936. The SMILES string of the molecule is C#CN=C(CC)SC. The Morgan fingerprint density at radius 2 is 2.50 bits per heavy atom. The average molecular weight is 127 g/mol. The summed E-state index contributed by atoms with van der Waals surface area (Å²) in [5.41, 5.74) is 0. The fourth-order valence-electron chi connectivity index (χ4n) is 0.341. The Labute approximate surface area is 54.6 Å². The van der Waals surface area contributed by atoms with Gasteiger partial charge in [-0.3, -0.25) is 0 Å². The van der Waals surface area contributed by atoms with Gasteiger partial charge in [-0.25, -0.2) is 0 Å². The molecule has 0 aliphatic rings. The number of hydrogen-bond acceptors (Lipinski definition) is 2. The van der Waals surface area contributed by atoms with Crippen molar-refractivity contribution in [1.29, 1.82) is 0 Å². The van der Waals surface area contributed by atoms with Crippen LogP contribution in [0.25, 0.3) is 0 Å². The largest absolute Gasteiger partial charge is 0.196 e. The molecule has 2 heteroatoms. The predicted molar refractivity (Wildman–Crippen MR) is 40.1 cm³/mol. The first-order valence-electron chi connectivity index (χ1n) is 2.41. The standard InChI is InChI=1S/C6H9NS/c1-4-6(8-3)7-5-2/h2H,4H2,1,3H3. The van der Waals surface area contributed by atoms with Gasteiger partial charge in [-0.15, -0.1) is 11.8 Å². The first-order valence-corrected chi connectivity index (χ1v) is 3.63. The lowest BCUT2D eigenvalue weighted by Crippen LogP contribution is -1.84. The molecule has 0 unspecified atom stereocenters. The number of thioether (sulfide) groups is 1. The van der Waals surface area contributed by atoms with Gasteiger partial charge in [0.2, 0.25) is 0 Å². The van der Waals surface area contributed by atoms with Crippen molar-refractivity contribution >= 4 is 16.8 Å². The number of terminal acetylenes is 1. The van der Waals surface area contributed by atoms with E-state index < -0.39 is 0 Å². The molecule has 0 spiro atoms. The van der Waals surface area contributed by atoms with Gasteiger partial charge in [0.05, 0.1) is 5.04 Å². The maximum Gasteiger partial charge on any atom is 0.0833 e. The topological polar surface area (TPSA) is 12.4 Å². The molecule has 0 rings (SSSR count). The van der Waals surface area contributed by atoms with E-state index >= 15 is 0 Å². The van der Waals surface area contributed by atoms with Gasteiger partial charge >= 0.3 is 0 Å². The minimum atomic E-state index is 0.936. The highest BCUT2D eigenvalue weighted by Crippen LogP contribution is 2.00. The highest BCUT2D eigenvalue weighted by Gasteiger charge is 1.87. The van der Waals surface area contributed by atoms with Crippen LogP contribution in [0.4, 0.5) is 0 Å². The van der Waals surface area contributed by atoms with Crippen LogP contribution in [-0.2, 0) is 0 Å². The molecule has 0 radical (unpaired) electrons. The Morgan fingerprint density at radius 3 is 2.62 bits per heavy atom. The van der Waals surface area contributed by atoms with E-state index in [1.807, 2.05) is 13.2 Å². The van der Waals surface area contributed by atoms with E-state index in [4.69, 9.17) is 6.42 Å². The van der Waals surface area contributed by atoms with E-state index in [1.165, 1.54) is 0 Å². The van der Waals surface area contributed by atoms with E-state index in [0.29, 0.717) is 0 Å². The second-order valence-electron chi connectivity index (χ2n) is 1.19. The van der Waals surface area contributed by atoms with E-state index in [2.05, 4.69) is 11.0 Å². The molecule has 0 atom stereocenters. The molecule has 8 heavy (non-hydrogen) atoms. The Bertz CT molecular complexity index is 115. The lowest BCUT2D eigenvalue weighted by Gasteiger charge is -1.90. The molecule has 0 amide bonds. The van der Waals surface area contributed by atoms with E-state index in [9.17, 15) is 0 Å². The summed E-state index contributed by atoms with van der Waals surface area (Å²) in [6.07, 6.45) is 7.84. The second kappa shape index (κ2) is 4.73. The van der Waals surface area contributed by atoms with Crippen molar-refractivity contribution in [3.8, 4) is 12.5 Å². The van der Waals surface area contributed by atoms with Gasteiger partial charge in [0.25, 0.3) is 0 Å². The van der Waals surface area contributed by atoms with Crippen molar-refractivity contribution in [3.05, 3.63) is 0 Å². The fourth-order valence-corrected chi connectivity index (χ4v) is 0.774. The van der Waals surface area contributed by atoms with Gasteiger partial charge in [-0.1, -0.05) is 13.3 Å². The average Bonchev–Trinajstić information content (AvgIpc) is 1.83. The highest BCUT2D eigenvalue weighted by molar-refractivity contribution is 8.13. The number of hydrogen-bond donors (Lipinski definition) is 0. The van der Waals surface area contributed by atoms with Gasteiger partial charge in [-0.05, 0) is 12.7 Å².